The van der Waals surface area contributed by atoms with Gasteiger partial charge >= 0.3 is 0 Å². The Labute approximate surface area is 123 Å². The molecule has 0 saturated heterocycles. The maximum atomic E-state index is 6.01. The number of rotatable bonds is 4. The highest BCUT2D eigenvalue weighted by Gasteiger charge is 2.34. The van der Waals surface area contributed by atoms with Gasteiger partial charge in [-0.2, -0.15) is 0 Å². The van der Waals surface area contributed by atoms with Gasteiger partial charge in [0, 0.05) is 12.5 Å². The molecule has 1 atom stereocenters. The Balaban J connectivity index is 2.42. The van der Waals surface area contributed by atoms with E-state index < -0.39 is 0 Å². The van der Waals surface area contributed by atoms with Gasteiger partial charge in [-0.05, 0) is 41.1 Å². The number of ether oxygens (including phenoxy) is 1. The summed E-state index contributed by atoms with van der Waals surface area (Å²) in [5, 5.41) is 0. The van der Waals surface area contributed by atoms with Crippen LogP contribution in [0.1, 0.15) is 64.1 Å². The van der Waals surface area contributed by atoms with Crippen molar-refractivity contribution in [2.24, 2.45) is 5.41 Å². The van der Waals surface area contributed by atoms with Crippen molar-refractivity contribution < 1.29 is 4.74 Å². The number of hydrogen-bond acceptors (Lipinski definition) is 4. The summed E-state index contributed by atoms with van der Waals surface area (Å²) in [5.41, 5.74) is 6.99. The zero-order valence-electron chi connectivity index (χ0n) is 12.0. The average molecular weight is 328 g/mol. The van der Waals surface area contributed by atoms with E-state index in [0.717, 1.165) is 10.2 Å². The number of aromatic nitrogens is 2. The molecule has 1 fully saturated rings. The first-order valence-corrected chi connectivity index (χ1v) is 7.58. The van der Waals surface area contributed by atoms with Crippen LogP contribution in [0.3, 0.4) is 0 Å². The topological polar surface area (TPSA) is 61.0 Å². The number of nitrogens with two attached hydrogens (primary N) is 1. The van der Waals surface area contributed by atoms with Crippen molar-refractivity contribution in [2.45, 2.75) is 52.6 Å². The molecular weight excluding hydrogens is 306 g/mol. The van der Waals surface area contributed by atoms with Crippen molar-refractivity contribution in [1.82, 2.24) is 9.97 Å². The molecule has 1 aliphatic rings. The monoisotopic (exact) mass is 327 g/mol. The van der Waals surface area contributed by atoms with E-state index >= 15 is 0 Å². The third-order valence-electron chi connectivity index (χ3n) is 3.24. The van der Waals surface area contributed by atoms with E-state index in [2.05, 4.69) is 41.7 Å². The fourth-order valence-electron chi connectivity index (χ4n) is 2.12. The lowest BCUT2D eigenvalue weighted by atomic mass is 9.88. The number of halogens is 1. The molecule has 0 aliphatic heterocycles. The molecule has 106 valence electrons. The molecule has 5 heteroatoms. The Morgan fingerprint density at radius 3 is 2.47 bits per heavy atom. The summed E-state index contributed by atoms with van der Waals surface area (Å²) < 4.78 is 6.70. The maximum absolute atomic E-state index is 6.01. The van der Waals surface area contributed by atoms with Crippen LogP contribution in [0.5, 0.6) is 0 Å². The molecule has 0 aromatic carbocycles. The molecule has 1 aromatic rings. The van der Waals surface area contributed by atoms with Gasteiger partial charge in [0.05, 0.1) is 10.2 Å². The van der Waals surface area contributed by atoms with Crippen molar-refractivity contribution in [3.8, 4) is 0 Å². The van der Waals surface area contributed by atoms with Crippen LogP contribution in [-0.2, 0) is 4.74 Å². The summed E-state index contributed by atoms with van der Waals surface area (Å²) in [5.74, 6) is 1.75. The second kappa shape index (κ2) is 5.37. The van der Waals surface area contributed by atoms with Crippen LogP contribution in [-0.4, -0.2) is 16.6 Å². The molecule has 1 aliphatic carbocycles. The first-order chi connectivity index (χ1) is 8.84. The normalized spacial score (nSPS) is 17.5. The molecule has 4 nitrogen and oxygen atoms in total. The van der Waals surface area contributed by atoms with Crippen molar-refractivity contribution in [2.75, 3.05) is 12.3 Å². The van der Waals surface area contributed by atoms with Gasteiger partial charge in [-0.25, -0.2) is 9.97 Å². The van der Waals surface area contributed by atoms with Crippen molar-refractivity contribution in [1.29, 1.82) is 0 Å². The summed E-state index contributed by atoms with van der Waals surface area (Å²) in [6, 6.07) is 0. The van der Waals surface area contributed by atoms with Crippen LogP contribution in [0.15, 0.2) is 4.47 Å². The van der Waals surface area contributed by atoms with Crippen molar-refractivity contribution >= 4 is 21.7 Å². The molecule has 1 heterocycles. The zero-order valence-corrected chi connectivity index (χ0v) is 13.6. The molecule has 2 N–H and O–H groups in total. The standard InChI is InChI=1S/C14H22BrN3O/c1-5-19-11(14(2,3)4)13-17-10(8-6-7-8)9(15)12(16)18-13/h8,11H,5-7H2,1-4H3,(H2,16,17,18). The molecule has 0 radical (unpaired) electrons. The Morgan fingerprint density at radius 2 is 2.00 bits per heavy atom. The lowest BCUT2D eigenvalue weighted by molar-refractivity contribution is -0.0191. The molecule has 0 amide bonds. The summed E-state index contributed by atoms with van der Waals surface area (Å²) in [4.78, 5) is 9.14. The predicted octanol–water partition coefficient (Wildman–Crippen LogP) is 3.82. The lowest BCUT2D eigenvalue weighted by Gasteiger charge is -2.29. The highest BCUT2D eigenvalue weighted by molar-refractivity contribution is 9.10. The summed E-state index contributed by atoms with van der Waals surface area (Å²) >= 11 is 3.50. The van der Waals surface area contributed by atoms with Gasteiger partial charge in [-0.1, -0.05) is 20.8 Å². The van der Waals surface area contributed by atoms with Gasteiger partial charge in [0.2, 0.25) is 0 Å². The van der Waals surface area contributed by atoms with E-state index in [1.165, 1.54) is 12.8 Å². The number of nitrogens with zero attached hydrogens (tertiary/aromatic N) is 2. The minimum Gasteiger partial charge on any atom is -0.383 e. The van der Waals surface area contributed by atoms with Crippen molar-refractivity contribution in [3.05, 3.63) is 16.0 Å². The first kappa shape index (κ1) is 14.7. The minimum atomic E-state index is -0.134. The van der Waals surface area contributed by atoms with E-state index in [-0.39, 0.29) is 11.5 Å². The molecule has 19 heavy (non-hydrogen) atoms. The van der Waals surface area contributed by atoms with Gasteiger partial charge in [0.1, 0.15) is 11.9 Å². The fourth-order valence-corrected chi connectivity index (χ4v) is 2.63. The van der Waals surface area contributed by atoms with Gasteiger partial charge in [0.25, 0.3) is 0 Å². The van der Waals surface area contributed by atoms with Gasteiger partial charge in [-0.15, -0.1) is 0 Å². The van der Waals surface area contributed by atoms with E-state index in [1.54, 1.807) is 0 Å². The van der Waals surface area contributed by atoms with E-state index in [1.807, 2.05) is 6.92 Å². The maximum Gasteiger partial charge on any atom is 0.160 e. The molecule has 0 bridgehead atoms. The average Bonchev–Trinajstić information content (AvgIpc) is 3.12. The smallest absolute Gasteiger partial charge is 0.160 e. The second-order valence-corrected chi connectivity index (χ2v) is 6.93. The van der Waals surface area contributed by atoms with Crippen LogP contribution in [0.4, 0.5) is 5.82 Å². The third-order valence-corrected chi connectivity index (χ3v) is 4.05. The molecule has 2 rings (SSSR count). The Morgan fingerprint density at radius 1 is 1.37 bits per heavy atom. The van der Waals surface area contributed by atoms with Crippen LogP contribution in [0, 0.1) is 5.41 Å². The Kier molecular flexibility index (Phi) is 4.16. The van der Waals surface area contributed by atoms with E-state index in [4.69, 9.17) is 15.5 Å². The van der Waals surface area contributed by atoms with Gasteiger partial charge in [-0.3, -0.25) is 0 Å². The summed E-state index contributed by atoms with van der Waals surface area (Å²) in [6.45, 7) is 9.02. The highest BCUT2D eigenvalue weighted by Crippen LogP contribution is 2.44. The molecule has 1 saturated carbocycles. The predicted molar refractivity (Wildman–Crippen MR) is 79.9 cm³/mol. The molecule has 1 aromatic heterocycles. The molecule has 0 spiro atoms. The van der Waals surface area contributed by atoms with Crippen LogP contribution in [0.25, 0.3) is 0 Å². The summed E-state index contributed by atoms with van der Waals surface area (Å²) in [6.07, 6.45) is 2.23. The largest absolute Gasteiger partial charge is 0.383 e. The van der Waals surface area contributed by atoms with E-state index in [9.17, 15) is 0 Å². The SMILES string of the molecule is CCOC(c1nc(N)c(Br)c(C2CC2)n1)C(C)(C)C. The molecule has 1 unspecified atom stereocenters. The van der Waals surface area contributed by atoms with Crippen LogP contribution < -0.4 is 5.73 Å². The fraction of sp³-hybridized carbons (Fsp3) is 0.714. The highest BCUT2D eigenvalue weighted by atomic mass is 79.9. The quantitative estimate of drug-likeness (QED) is 0.913. The zero-order chi connectivity index (χ0) is 14.2. The van der Waals surface area contributed by atoms with E-state index in [0.29, 0.717) is 24.2 Å². The van der Waals surface area contributed by atoms with Crippen LogP contribution >= 0.6 is 15.9 Å². The number of anilines is 1. The minimum absolute atomic E-state index is 0.0584. The Bertz CT molecular complexity index is 466. The second-order valence-electron chi connectivity index (χ2n) is 6.14. The number of nitrogen functional groups attached to an aromatic ring is 1. The van der Waals surface area contributed by atoms with Gasteiger partial charge in [0.15, 0.2) is 5.82 Å². The first-order valence-electron chi connectivity index (χ1n) is 6.79. The van der Waals surface area contributed by atoms with Gasteiger partial charge < -0.3 is 10.5 Å². The summed E-state index contributed by atoms with van der Waals surface area (Å²) in [7, 11) is 0. The Hall–Kier alpha value is -0.680. The van der Waals surface area contributed by atoms with Crippen LogP contribution in [0.2, 0.25) is 0 Å². The molecular formula is C14H22BrN3O. The lowest BCUT2D eigenvalue weighted by Crippen LogP contribution is -2.24. The third kappa shape index (κ3) is 3.26. The van der Waals surface area contributed by atoms with Crippen molar-refractivity contribution in [3.63, 3.8) is 0 Å². The number of hydrogen-bond donors (Lipinski definition) is 1.